The van der Waals surface area contributed by atoms with Crippen molar-refractivity contribution in [1.82, 2.24) is 9.38 Å². The first-order valence-electron chi connectivity index (χ1n) is 5.06. The molecule has 3 heterocycles. The molecule has 1 atom stereocenters. The molecular weight excluding hydrogens is 228 g/mol. The van der Waals surface area contributed by atoms with E-state index in [4.69, 9.17) is 11.6 Å². The third-order valence-electron chi connectivity index (χ3n) is 2.81. The Morgan fingerprint density at radius 2 is 2.40 bits per heavy atom. The number of hydrogen-bond donors (Lipinski definition) is 0. The maximum absolute atomic E-state index is 6.09. The second kappa shape index (κ2) is 3.72. The minimum absolute atomic E-state index is 0.617. The van der Waals surface area contributed by atoms with Crippen LogP contribution in [0.5, 0.6) is 0 Å². The van der Waals surface area contributed by atoms with Crippen molar-refractivity contribution >= 4 is 29.0 Å². The number of rotatable bonds is 1. The van der Waals surface area contributed by atoms with Gasteiger partial charge in [0.2, 0.25) is 0 Å². The van der Waals surface area contributed by atoms with Crippen molar-refractivity contribution in [2.45, 2.75) is 12.3 Å². The molecule has 0 bridgehead atoms. The molecule has 2 aromatic rings. The van der Waals surface area contributed by atoms with Gasteiger partial charge in [0.25, 0.3) is 0 Å². The summed E-state index contributed by atoms with van der Waals surface area (Å²) in [6.07, 6.45) is 3.32. The molecule has 0 spiro atoms. The number of thioether (sulfide) groups is 1. The lowest BCUT2D eigenvalue weighted by Gasteiger charge is -2.01. The number of aromatic nitrogens is 2. The standard InChI is InChI=1S/C11H11ClN2S/c12-10-2-1-3-11-13-9(6-14(10)11)8-4-5-15-7-8/h1-3,6,8H,4-5,7H2. The van der Waals surface area contributed by atoms with Gasteiger partial charge in [0.15, 0.2) is 0 Å². The van der Waals surface area contributed by atoms with Crippen LogP contribution in [0.25, 0.3) is 5.65 Å². The van der Waals surface area contributed by atoms with E-state index in [1.165, 1.54) is 23.6 Å². The second-order valence-corrected chi connectivity index (χ2v) is 5.34. The van der Waals surface area contributed by atoms with Crippen molar-refractivity contribution in [3.63, 3.8) is 0 Å². The van der Waals surface area contributed by atoms with Crippen LogP contribution in [0, 0.1) is 0 Å². The Morgan fingerprint density at radius 1 is 1.47 bits per heavy atom. The minimum atomic E-state index is 0.617. The quantitative estimate of drug-likeness (QED) is 0.710. The average Bonchev–Trinajstić information content (AvgIpc) is 2.86. The number of hydrogen-bond acceptors (Lipinski definition) is 2. The summed E-state index contributed by atoms with van der Waals surface area (Å²) in [5, 5.41) is 0.733. The molecule has 1 fully saturated rings. The summed E-state index contributed by atoms with van der Waals surface area (Å²) in [5.74, 6) is 3.07. The van der Waals surface area contributed by atoms with Gasteiger partial charge < -0.3 is 0 Å². The lowest BCUT2D eigenvalue weighted by molar-refractivity contribution is 0.759. The molecule has 2 nitrogen and oxygen atoms in total. The second-order valence-electron chi connectivity index (χ2n) is 3.80. The molecule has 0 aromatic carbocycles. The molecule has 1 aliphatic heterocycles. The fourth-order valence-corrected chi connectivity index (χ4v) is 3.41. The summed E-state index contributed by atoms with van der Waals surface area (Å²) in [4.78, 5) is 4.62. The smallest absolute Gasteiger partial charge is 0.138 e. The van der Waals surface area contributed by atoms with Crippen LogP contribution in [0.1, 0.15) is 18.0 Å². The van der Waals surface area contributed by atoms with Crippen molar-refractivity contribution in [2.75, 3.05) is 11.5 Å². The predicted molar refractivity (Wildman–Crippen MR) is 64.9 cm³/mol. The van der Waals surface area contributed by atoms with Crippen molar-refractivity contribution in [1.29, 1.82) is 0 Å². The van der Waals surface area contributed by atoms with Crippen LogP contribution in [-0.2, 0) is 0 Å². The lowest BCUT2D eigenvalue weighted by atomic mass is 10.1. The maximum Gasteiger partial charge on any atom is 0.138 e. The number of fused-ring (bicyclic) bond motifs is 1. The van der Waals surface area contributed by atoms with E-state index in [-0.39, 0.29) is 0 Å². The third kappa shape index (κ3) is 1.64. The Hall–Kier alpha value is -0.670. The molecule has 0 radical (unpaired) electrons. The molecule has 4 heteroatoms. The van der Waals surface area contributed by atoms with Crippen LogP contribution in [0.15, 0.2) is 24.4 Å². The normalized spacial score (nSPS) is 21.3. The molecule has 0 saturated carbocycles. The average molecular weight is 239 g/mol. The van der Waals surface area contributed by atoms with Crippen LogP contribution in [0.4, 0.5) is 0 Å². The molecule has 78 valence electrons. The highest BCUT2D eigenvalue weighted by molar-refractivity contribution is 7.99. The van der Waals surface area contributed by atoms with E-state index in [2.05, 4.69) is 11.2 Å². The molecule has 0 amide bonds. The number of imidazole rings is 1. The summed E-state index contributed by atoms with van der Waals surface area (Å²) < 4.78 is 1.96. The Labute approximate surface area is 97.6 Å². The van der Waals surface area contributed by atoms with Crippen LogP contribution < -0.4 is 0 Å². The first kappa shape index (κ1) is 9.55. The summed E-state index contributed by atoms with van der Waals surface area (Å²) in [6, 6.07) is 5.83. The van der Waals surface area contributed by atoms with E-state index < -0.39 is 0 Å². The first-order valence-corrected chi connectivity index (χ1v) is 6.59. The molecule has 15 heavy (non-hydrogen) atoms. The van der Waals surface area contributed by atoms with Crippen LogP contribution in [0.3, 0.4) is 0 Å². The van der Waals surface area contributed by atoms with Gasteiger partial charge >= 0.3 is 0 Å². The molecule has 1 aliphatic rings. The van der Waals surface area contributed by atoms with Gasteiger partial charge in [-0.2, -0.15) is 11.8 Å². The summed E-state index contributed by atoms with van der Waals surface area (Å²) in [6.45, 7) is 0. The third-order valence-corrected chi connectivity index (χ3v) is 4.28. The van der Waals surface area contributed by atoms with E-state index in [0.29, 0.717) is 5.92 Å². The predicted octanol–water partition coefficient (Wildman–Crippen LogP) is 3.21. The lowest BCUT2D eigenvalue weighted by Crippen LogP contribution is -1.95. The van der Waals surface area contributed by atoms with Crippen LogP contribution in [-0.4, -0.2) is 20.9 Å². The highest BCUT2D eigenvalue weighted by Crippen LogP contribution is 2.32. The van der Waals surface area contributed by atoms with Crippen molar-refractivity contribution < 1.29 is 0 Å². The van der Waals surface area contributed by atoms with Crippen molar-refractivity contribution in [3.05, 3.63) is 35.2 Å². The summed E-state index contributed by atoms with van der Waals surface area (Å²) in [7, 11) is 0. The highest BCUT2D eigenvalue weighted by atomic mass is 35.5. The Bertz CT molecular complexity index is 488. The number of pyridine rings is 1. The number of halogens is 1. The molecular formula is C11H11ClN2S. The van der Waals surface area contributed by atoms with E-state index in [0.717, 1.165) is 10.8 Å². The van der Waals surface area contributed by atoms with Gasteiger partial charge in [-0.25, -0.2) is 4.98 Å². The van der Waals surface area contributed by atoms with Crippen molar-refractivity contribution in [2.24, 2.45) is 0 Å². The fraction of sp³-hybridized carbons (Fsp3) is 0.364. The molecule has 0 N–H and O–H groups in total. The number of nitrogens with zero attached hydrogens (tertiary/aromatic N) is 2. The topological polar surface area (TPSA) is 17.3 Å². The van der Waals surface area contributed by atoms with Gasteiger partial charge in [-0.05, 0) is 24.3 Å². The highest BCUT2D eigenvalue weighted by Gasteiger charge is 2.20. The first-order chi connectivity index (χ1) is 7.34. The zero-order valence-electron chi connectivity index (χ0n) is 8.19. The zero-order chi connectivity index (χ0) is 10.3. The maximum atomic E-state index is 6.09. The van der Waals surface area contributed by atoms with Gasteiger partial charge in [0.05, 0.1) is 5.69 Å². The summed E-state index contributed by atoms with van der Waals surface area (Å²) >= 11 is 8.10. The molecule has 0 aliphatic carbocycles. The van der Waals surface area contributed by atoms with E-state index >= 15 is 0 Å². The van der Waals surface area contributed by atoms with E-state index in [9.17, 15) is 0 Å². The molecule has 1 unspecified atom stereocenters. The SMILES string of the molecule is Clc1cccc2nc(C3CCSC3)cn12. The Kier molecular flexibility index (Phi) is 2.37. The van der Waals surface area contributed by atoms with E-state index in [1.807, 2.05) is 34.4 Å². The molecule has 3 rings (SSSR count). The molecule has 1 saturated heterocycles. The van der Waals surface area contributed by atoms with Gasteiger partial charge in [-0.1, -0.05) is 17.7 Å². The van der Waals surface area contributed by atoms with Gasteiger partial charge in [0, 0.05) is 17.9 Å². The fourth-order valence-electron chi connectivity index (χ4n) is 1.96. The monoisotopic (exact) mass is 238 g/mol. The van der Waals surface area contributed by atoms with E-state index in [1.54, 1.807) is 0 Å². The zero-order valence-corrected chi connectivity index (χ0v) is 9.76. The van der Waals surface area contributed by atoms with Gasteiger partial charge in [-0.15, -0.1) is 0 Å². The largest absolute Gasteiger partial charge is 0.290 e. The van der Waals surface area contributed by atoms with Gasteiger partial charge in [0.1, 0.15) is 10.8 Å². The Balaban J connectivity index is 2.09. The van der Waals surface area contributed by atoms with Crippen LogP contribution in [0.2, 0.25) is 5.15 Å². The van der Waals surface area contributed by atoms with Gasteiger partial charge in [-0.3, -0.25) is 4.40 Å². The Morgan fingerprint density at radius 3 is 3.13 bits per heavy atom. The van der Waals surface area contributed by atoms with Crippen molar-refractivity contribution in [3.8, 4) is 0 Å². The minimum Gasteiger partial charge on any atom is -0.290 e. The van der Waals surface area contributed by atoms with Crippen LogP contribution >= 0.6 is 23.4 Å². The molecule has 2 aromatic heterocycles. The summed E-state index contributed by atoms with van der Waals surface area (Å²) in [5.41, 5.74) is 2.14.